The van der Waals surface area contributed by atoms with E-state index in [0.717, 1.165) is 26.3 Å². The van der Waals surface area contributed by atoms with Gasteiger partial charge in [-0.3, -0.25) is 0 Å². The molecule has 2 heterocycles. The Balaban J connectivity index is 0.0000001000. The minimum absolute atomic E-state index is 0.889. The summed E-state index contributed by atoms with van der Waals surface area (Å²) in [5.74, 6) is 0. The van der Waals surface area contributed by atoms with Crippen molar-refractivity contribution in [1.82, 2.24) is 11.0 Å². The maximum atomic E-state index is 4.69. The molecule has 0 radical (unpaired) electrons. The second kappa shape index (κ2) is 5.61. The van der Waals surface area contributed by atoms with E-state index in [9.17, 15) is 0 Å². The molecule has 0 spiro atoms. The van der Waals surface area contributed by atoms with Gasteiger partial charge in [0, 0.05) is 13.1 Å². The first-order valence-electron chi connectivity index (χ1n) is 3.69. The maximum Gasteiger partial charge on any atom is 0.0695 e. The van der Waals surface area contributed by atoms with Gasteiger partial charge in [0.05, 0.1) is 13.2 Å². The van der Waals surface area contributed by atoms with Crippen molar-refractivity contribution in [3.05, 3.63) is 0 Å². The van der Waals surface area contributed by atoms with E-state index in [-0.39, 0.29) is 0 Å². The molecule has 0 saturated carbocycles. The van der Waals surface area contributed by atoms with Crippen molar-refractivity contribution in [3.8, 4) is 0 Å². The van der Waals surface area contributed by atoms with Gasteiger partial charge in [0.25, 0.3) is 0 Å². The monoisotopic (exact) mass is 146 g/mol. The fourth-order valence-electron chi connectivity index (χ4n) is 0.722. The SMILES string of the molecule is C1CNOC1.C1CNOC1. The van der Waals surface area contributed by atoms with Crippen LogP contribution in [-0.2, 0) is 9.68 Å². The van der Waals surface area contributed by atoms with Gasteiger partial charge in [-0.25, -0.2) is 11.0 Å². The molecule has 0 unspecified atom stereocenters. The largest absolute Gasteiger partial charge is 0.302 e. The van der Waals surface area contributed by atoms with Crippen molar-refractivity contribution in [3.63, 3.8) is 0 Å². The summed E-state index contributed by atoms with van der Waals surface area (Å²) in [4.78, 5) is 9.39. The molecule has 0 bridgehead atoms. The first-order chi connectivity index (χ1) is 5.00. The first kappa shape index (κ1) is 7.94. The lowest BCUT2D eigenvalue weighted by molar-refractivity contribution is 0.103. The van der Waals surface area contributed by atoms with Crippen LogP contribution < -0.4 is 11.0 Å². The third-order valence-electron chi connectivity index (χ3n) is 1.25. The van der Waals surface area contributed by atoms with E-state index in [1.165, 1.54) is 12.8 Å². The molecule has 0 aromatic rings. The lowest BCUT2D eigenvalue weighted by Gasteiger charge is -1.80. The zero-order valence-electron chi connectivity index (χ0n) is 6.06. The minimum Gasteiger partial charge on any atom is -0.302 e. The Morgan fingerprint density at radius 1 is 0.800 bits per heavy atom. The summed E-state index contributed by atoms with van der Waals surface area (Å²) in [6, 6.07) is 0. The van der Waals surface area contributed by atoms with Crippen LogP contribution in [0.15, 0.2) is 0 Å². The van der Waals surface area contributed by atoms with Crippen LogP contribution in [0.2, 0.25) is 0 Å². The van der Waals surface area contributed by atoms with Gasteiger partial charge < -0.3 is 9.68 Å². The van der Waals surface area contributed by atoms with Crippen LogP contribution in [0.25, 0.3) is 0 Å². The highest BCUT2D eigenvalue weighted by Gasteiger charge is 1.93. The molecule has 4 nitrogen and oxygen atoms in total. The molecule has 2 rings (SSSR count). The highest BCUT2D eigenvalue weighted by Crippen LogP contribution is 1.84. The Bertz CT molecular complexity index is 46.9. The minimum atomic E-state index is 0.889. The van der Waals surface area contributed by atoms with Gasteiger partial charge in [0.2, 0.25) is 0 Å². The fourth-order valence-corrected chi connectivity index (χ4v) is 0.722. The highest BCUT2D eigenvalue weighted by atomic mass is 16.7. The molecule has 0 atom stereocenters. The van der Waals surface area contributed by atoms with Crippen molar-refractivity contribution >= 4 is 0 Å². The number of hydrogen-bond donors (Lipinski definition) is 2. The molecular formula is C6H14N2O2. The zero-order chi connectivity index (χ0) is 7.07. The molecule has 4 heteroatoms. The Hall–Kier alpha value is -0.160. The Morgan fingerprint density at radius 3 is 1.40 bits per heavy atom. The van der Waals surface area contributed by atoms with Gasteiger partial charge in [-0.05, 0) is 12.8 Å². The van der Waals surface area contributed by atoms with Crippen LogP contribution in [0.5, 0.6) is 0 Å². The van der Waals surface area contributed by atoms with Crippen LogP contribution in [0.1, 0.15) is 12.8 Å². The Morgan fingerprint density at radius 2 is 1.30 bits per heavy atom. The second-order valence-corrected chi connectivity index (χ2v) is 2.19. The van der Waals surface area contributed by atoms with Gasteiger partial charge >= 0.3 is 0 Å². The second-order valence-electron chi connectivity index (χ2n) is 2.19. The molecule has 0 aromatic carbocycles. The molecule has 2 aliphatic heterocycles. The summed E-state index contributed by atoms with van der Waals surface area (Å²) < 4.78 is 0. The normalized spacial score (nSPS) is 24.0. The summed E-state index contributed by atoms with van der Waals surface area (Å²) in [5.41, 5.74) is 5.44. The third-order valence-corrected chi connectivity index (χ3v) is 1.25. The predicted octanol–water partition coefficient (Wildman–Crippen LogP) is -0.177. The van der Waals surface area contributed by atoms with Gasteiger partial charge in [-0.2, -0.15) is 0 Å². The summed E-state index contributed by atoms with van der Waals surface area (Å²) in [7, 11) is 0. The molecule has 0 aromatic heterocycles. The van der Waals surface area contributed by atoms with Crippen molar-refractivity contribution in [2.75, 3.05) is 26.3 Å². The molecule has 10 heavy (non-hydrogen) atoms. The molecule has 2 fully saturated rings. The fraction of sp³-hybridized carbons (Fsp3) is 1.00. The quantitative estimate of drug-likeness (QED) is 0.497. The lowest BCUT2D eigenvalue weighted by Crippen LogP contribution is -2.01. The average molecular weight is 146 g/mol. The van der Waals surface area contributed by atoms with E-state index < -0.39 is 0 Å². The van der Waals surface area contributed by atoms with E-state index in [1.54, 1.807) is 0 Å². The van der Waals surface area contributed by atoms with Gasteiger partial charge in [-0.15, -0.1) is 0 Å². The lowest BCUT2D eigenvalue weighted by atomic mass is 10.5. The number of rotatable bonds is 0. The predicted molar refractivity (Wildman–Crippen MR) is 37.1 cm³/mol. The van der Waals surface area contributed by atoms with Crippen LogP contribution in [0.3, 0.4) is 0 Å². The third kappa shape index (κ3) is 3.79. The summed E-state index contributed by atoms with van der Waals surface area (Å²) >= 11 is 0. The molecule has 2 N–H and O–H groups in total. The summed E-state index contributed by atoms with van der Waals surface area (Å²) in [6.07, 6.45) is 2.33. The first-order valence-corrected chi connectivity index (χ1v) is 3.69. The Kier molecular flexibility index (Phi) is 4.46. The Labute approximate surface area is 60.8 Å². The standard InChI is InChI=1S/2C3H7NO/c2*1-2-4-5-3-1/h2*4H,1-3H2. The van der Waals surface area contributed by atoms with Crippen molar-refractivity contribution in [2.24, 2.45) is 0 Å². The maximum absolute atomic E-state index is 4.69. The molecule has 60 valence electrons. The van der Waals surface area contributed by atoms with E-state index >= 15 is 0 Å². The van der Waals surface area contributed by atoms with Crippen molar-refractivity contribution in [1.29, 1.82) is 0 Å². The van der Waals surface area contributed by atoms with E-state index in [2.05, 4.69) is 11.0 Å². The molecule has 0 aliphatic carbocycles. The number of nitrogens with one attached hydrogen (secondary N) is 2. The van der Waals surface area contributed by atoms with Crippen LogP contribution in [0.4, 0.5) is 0 Å². The van der Waals surface area contributed by atoms with Crippen LogP contribution >= 0.6 is 0 Å². The van der Waals surface area contributed by atoms with Crippen LogP contribution in [-0.4, -0.2) is 26.3 Å². The van der Waals surface area contributed by atoms with E-state index in [0.29, 0.717) is 0 Å². The molecule has 2 aliphatic rings. The summed E-state index contributed by atoms with van der Waals surface area (Å²) in [5, 5.41) is 0. The van der Waals surface area contributed by atoms with E-state index in [1.807, 2.05) is 0 Å². The topological polar surface area (TPSA) is 42.5 Å². The van der Waals surface area contributed by atoms with Crippen LogP contribution in [0, 0.1) is 0 Å². The summed E-state index contributed by atoms with van der Waals surface area (Å²) in [6.45, 7) is 3.83. The highest BCUT2D eigenvalue weighted by molar-refractivity contribution is 4.41. The smallest absolute Gasteiger partial charge is 0.0695 e. The number of hydroxylamine groups is 2. The molecule has 2 saturated heterocycles. The number of hydrogen-bond acceptors (Lipinski definition) is 4. The molecular weight excluding hydrogens is 132 g/mol. The molecule has 0 amide bonds. The van der Waals surface area contributed by atoms with Gasteiger partial charge in [-0.1, -0.05) is 0 Å². The van der Waals surface area contributed by atoms with E-state index in [4.69, 9.17) is 9.68 Å². The average Bonchev–Trinajstić information content (AvgIpc) is 2.67. The van der Waals surface area contributed by atoms with Crippen molar-refractivity contribution in [2.45, 2.75) is 12.8 Å². The zero-order valence-corrected chi connectivity index (χ0v) is 6.06. The van der Waals surface area contributed by atoms with Gasteiger partial charge in [0.1, 0.15) is 0 Å². The van der Waals surface area contributed by atoms with Gasteiger partial charge in [0.15, 0.2) is 0 Å². The van der Waals surface area contributed by atoms with Crippen molar-refractivity contribution < 1.29 is 9.68 Å².